The van der Waals surface area contributed by atoms with Gasteiger partial charge < -0.3 is 15.2 Å². The maximum Gasteiger partial charge on any atom is 0.336 e. The van der Waals surface area contributed by atoms with Gasteiger partial charge in [0.15, 0.2) is 0 Å². The maximum atomic E-state index is 13.0. The monoisotopic (exact) mass is 454 g/mol. The van der Waals surface area contributed by atoms with Crippen molar-refractivity contribution in [3.8, 4) is 0 Å². The molecule has 2 N–H and O–H groups in total. The SMILES string of the molecule is CCn1nc(C[C@H](C)Cc2c(C(=O)O)cc(C)nc2C)c2c1C(=O)NCC1(CCOCC1)C2. The van der Waals surface area contributed by atoms with Crippen LogP contribution >= 0.6 is 0 Å². The van der Waals surface area contributed by atoms with Gasteiger partial charge in [-0.15, -0.1) is 0 Å². The zero-order valence-corrected chi connectivity index (χ0v) is 20.0. The molecule has 2 aromatic rings. The van der Waals surface area contributed by atoms with Gasteiger partial charge in [0.25, 0.3) is 5.91 Å². The Bertz CT molecular complexity index is 1070. The average Bonchev–Trinajstić information content (AvgIpc) is 3.03. The van der Waals surface area contributed by atoms with E-state index in [1.807, 2.05) is 25.5 Å². The quantitative estimate of drug-likeness (QED) is 0.695. The number of hydrogen-bond acceptors (Lipinski definition) is 5. The molecule has 0 aromatic carbocycles. The summed E-state index contributed by atoms with van der Waals surface area (Å²) in [7, 11) is 0. The van der Waals surface area contributed by atoms with Crippen LogP contribution in [0.5, 0.6) is 0 Å². The molecule has 33 heavy (non-hydrogen) atoms. The Kier molecular flexibility index (Phi) is 6.56. The Morgan fingerprint density at radius 3 is 2.70 bits per heavy atom. The normalized spacial score (nSPS) is 18.5. The fourth-order valence-electron chi connectivity index (χ4n) is 5.38. The summed E-state index contributed by atoms with van der Waals surface area (Å²) in [6.07, 6.45) is 3.95. The first-order valence-electron chi connectivity index (χ1n) is 11.9. The lowest BCUT2D eigenvalue weighted by molar-refractivity contribution is 0.0160. The van der Waals surface area contributed by atoms with E-state index in [1.54, 1.807) is 6.07 Å². The predicted molar refractivity (Wildman–Crippen MR) is 124 cm³/mol. The largest absolute Gasteiger partial charge is 0.478 e. The number of amides is 1. The molecule has 4 heterocycles. The zero-order chi connectivity index (χ0) is 23.8. The van der Waals surface area contributed by atoms with E-state index in [1.165, 1.54) is 0 Å². The Balaban J connectivity index is 1.65. The average molecular weight is 455 g/mol. The molecule has 0 aliphatic carbocycles. The lowest BCUT2D eigenvalue weighted by atomic mass is 9.75. The predicted octanol–water partition coefficient (Wildman–Crippen LogP) is 3.12. The molecule has 1 fully saturated rings. The van der Waals surface area contributed by atoms with Crippen LogP contribution in [-0.4, -0.2) is 51.5 Å². The van der Waals surface area contributed by atoms with Crippen LogP contribution in [0.2, 0.25) is 0 Å². The summed E-state index contributed by atoms with van der Waals surface area (Å²) in [4.78, 5) is 29.4. The molecule has 8 nitrogen and oxygen atoms in total. The summed E-state index contributed by atoms with van der Waals surface area (Å²) in [5.74, 6) is -0.825. The molecule has 0 unspecified atom stereocenters. The van der Waals surface area contributed by atoms with Crippen LogP contribution in [-0.2, 0) is 30.5 Å². The van der Waals surface area contributed by atoms with E-state index in [-0.39, 0.29) is 17.2 Å². The molecule has 1 amide bonds. The van der Waals surface area contributed by atoms with Gasteiger partial charge in [-0.05, 0) is 75.8 Å². The number of carbonyl (C=O) groups is 2. The minimum atomic E-state index is -0.923. The maximum absolute atomic E-state index is 13.0. The first-order valence-corrected chi connectivity index (χ1v) is 11.9. The third-order valence-corrected chi connectivity index (χ3v) is 7.16. The summed E-state index contributed by atoms with van der Waals surface area (Å²) in [6.45, 7) is 10.5. The summed E-state index contributed by atoms with van der Waals surface area (Å²) >= 11 is 0. The van der Waals surface area contributed by atoms with E-state index in [2.05, 4.69) is 17.2 Å². The summed E-state index contributed by atoms with van der Waals surface area (Å²) in [6, 6.07) is 1.65. The van der Waals surface area contributed by atoms with Crippen molar-refractivity contribution in [2.24, 2.45) is 11.3 Å². The second kappa shape index (κ2) is 9.25. The summed E-state index contributed by atoms with van der Waals surface area (Å²) < 4.78 is 7.43. The molecule has 0 saturated carbocycles. The van der Waals surface area contributed by atoms with E-state index in [0.717, 1.165) is 55.0 Å². The minimum Gasteiger partial charge on any atom is -0.478 e. The van der Waals surface area contributed by atoms with Crippen LogP contribution in [0.1, 0.15) is 75.7 Å². The van der Waals surface area contributed by atoms with Crippen molar-refractivity contribution < 1.29 is 19.4 Å². The van der Waals surface area contributed by atoms with Gasteiger partial charge in [-0.2, -0.15) is 5.10 Å². The number of fused-ring (bicyclic) bond motifs is 1. The number of nitrogens with zero attached hydrogens (tertiary/aromatic N) is 3. The topological polar surface area (TPSA) is 106 Å². The highest BCUT2D eigenvalue weighted by atomic mass is 16.5. The number of carbonyl (C=O) groups excluding carboxylic acids is 1. The fraction of sp³-hybridized carbons (Fsp3) is 0.600. The van der Waals surface area contributed by atoms with Crippen molar-refractivity contribution in [3.63, 3.8) is 0 Å². The van der Waals surface area contributed by atoms with Crippen LogP contribution < -0.4 is 5.32 Å². The van der Waals surface area contributed by atoms with Crippen molar-refractivity contribution in [1.82, 2.24) is 20.1 Å². The van der Waals surface area contributed by atoms with Crippen LogP contribution in [0.4, 0.5) is 0 Å². The Morgan fingerprint density at radius 1 is 1.30 bits per heavy atom. The number of pyridine rings is 1. The number of aryl methyl sites for hydroxylation is 3. The van der Waals surface area contributed by atoms with Gasteiger partial charge >= 0.3 is 5.97 Å². The van der Waals surface area contributed by atoms with Gasteiger partial charge in [0.05, 0.1) is 11.3 Å². The Hall–Kier alpha value is -2.74. The van der Waals surface area contributed by atoms with Crippen molar-refractivity contribution in [2.45, 2.75) is 66.3 Å². The Morgan fingerprint density at radius 2 is 2.03 bits per heavy atom. The molecule has 4 rings (SSSR count). The van der Waals surface area contributed by atoms with Crippen LogP contribution in [0.15, 0.2) is 6.07 Å². The molecule has 1 atom stereocenters. The fourth-order valence-corrected chi connectivity index (χ4v) is 5.38. The molecule has 2 aliphatic rings. The first kappa shape index (κ1) is 23.4. The number of nitrogens with one attached hydrogen (secondary N) is 1. The molecular formula is C25H34N4O4. The summed E-state index contributed by atoms with van der Waals surface area (Å²) in [5, 5.41) is 17.7. The van der Waals surface area contributed by atoms with Crippen molar-refractivity contribution in [1.29, 1.82) is 0 Å². The lowest BCUT2D eigenvalue weighted by Crippen LogP contribution is -2.40. The molecule has 0 bridgehead atoms. The molecule has 2 aromatic heterocycles. The molecule has 178 valence electrons. The van der Waals surface area contributed by atoms with Crippen LogP contribution in [0.3, 0.4) is 0 Å². The van der Waals surface area contributed by atoms with Crippen molar-refractivity contribution in [2.75, 3.05) is 19.8 Å². The van der Waals surface area contributed by atoms with E-state index < -0.39 is 5.97 Å². The summed E-state index contributed by atoms with van der Waals surface area (Å²) in [5.41, 5.74) is 5.27. The molecule has 2 aliphatic heterocycles. The van der Waals surface area contributed by atoms with E-state index in [4.69, 9.17) is 9.84 Å². The highest BCUT2D eigenvalue weighted by Crippen LogP contribution is 2.38. The van der Waals surface area contributed by atoms with E-state index in [9.17, 15) is 14.7 Å². The highest BCUT2D eigenvalue weighted by Gasteiger charge is 2.39. The third kappa shape index (κ3) is 4.67. The minimum absolute atomic E-state index is 0.00664. The third-order valence-electron chi connectivity index (χ3n) is 7.16. The van der Waals surface area contributed by atoms with Gasteiger partial charge in [0.2, 0.25) is 0 Å². The van der Waals surface area contributed by atoms with Gasteiger partial charge in [-0.25, -0.2) is 4.79 Å². The first-order chi connectivity index (χ1) is 15.7. The van der Waals surface area contributed by atoms with E-state index in [0.29, 0.717) is 42.9 Å². The van der Waals surface area contributed by atoms with Crippen molar-refractivity contribution >= 4 is 11.9 Å². The lowest BCUT2D eigenvalue weighted by Gasteiger charge is -2.36. The van der Waals surface area contributed by atoms with Crippen molar-refractivity contribution in [3.05, 3.63) is 45.5 Å². The molecule has 8 heteroatoms. The number of hydrogen-bond donors (Lipinski definition) is 2. The molecular weight excluding hydrogens is 420 g/mol. The number of carboxylic acid groups (broad SMARTS) is 1. The number of aromatic carboxylic acids is 1. The molecule has 0 radical (unpaired) electrons. The number of rotatable bonds is 6. The number of carboxylic acids is 1. The van der Waals surface area contributed by atoms with Gasteiger partial charge in [0.1, 0.15) is 5.69 Å². The van der Waals surface area contributed by atoms with Gasteiger partial charge in [-0.3, -0.25) is 14.5 Å². The zero-order valence-electron chi connectivity index (χ0n) is 20.0. The van der Waals surface area contributed by atoms with Gasteiger partial charge in [-0.1, -0.05) is 6.92 Å². The van der Waals surface area contributed by atoms with Crippen LogP contribution in [0.25, 0.3) is 0 Å². The molecule has 1 saturated heterocycles. The highest BCUT2D eigenvalue weighted by molar-refractivity contribution is 5.95. The number of ether oxygens (including phenoxy) is 1. The second-order valence-corrected chi connectivity index (χ2v) is 9.76. The second-order valence-electron chi connectivity index (χ2n) is 9.76. The molecule has 1 spiro atoms. The van der Waals surface area contributed by atoms with Gasteiger partial charge in [0, 0.05) is 43.3 Å². The van der Waals surface area contributed by atoms with E-state index >= 15 is 0 Å². The smallest absolute Gasteiger partial charge is 0.336 e. The number of aromatic nitrogens is 3. The standard InChI is InChI=1S/C25H34N4O4/c1-5-29-22-20(13-25(14-26-23(22)30)6-8-33-9-7-25)21(28-29)11-15(2)10-18-17(4)27-16(3)12-19(18)24(31)32/h12,15H,5-11,13-14H2,1-4H3,(H,26,30)(H,31,32)/t15-/m1/s1. The Labute approximate surface area is 194 Å². The van der Waals surface area contributed by atoms with Crippen LogP contribution in [0, 0.1) is 25.2 Å².